The van der Waals surface area contributed by atoms with Crippen molar-refractivity contribution in [2.24, 2.45) is 29.4 Å². The number of amides is 4. The predicted molar refractivity (Wildman–Crippen MR) is 217 cm³/mol. The number of ether oxygens (including phenoxy) is 3. The summed E-state index contributed by atoms with van der Waals surface area (Å²) < 4.78 is 83.3. The fraction of sp³-hybridized carbons (Fsp3) is 0.643. The number of carbonyl (C=O) groups excluding carboxylic acids is 4. The summed E-state index contributed by atoms with van der Waals surface area (Å²) in [4.78, 5) is 58.5. The largest absolute Gasteiger partial charge is 0.491 e. The molecule has 1 unspecified atom stereocenters. The molecule has 5 rings (SSSR count). The molecule has 1 aromatic carbocycles. The van der Waals surface area contributed by atoms with Gasteiger partial charge in [0.1, 0.15) is 23.9 Å². The lowest BCUT2D eigenvalue weighted by Crippen LogP contribution is -2.56. The van der Waals surface area contributed by atoms with E-state index in [1.165, 1.54) is 4.90 Å². The van der Waals surface area contributed by atoms with E-state index in [9.17, 15) is 40.8 Å². The van der Waals surface area contributed by atoms with E-state index in [4.69, 9.17) is 15.2 Å². The van der Waals surface area contributed by atoms with Crippen molar-refractivity contribution >= 4 is 44.6 Å². The summed E-state index contributed by atoms with van der Waals surface area (Å²) in [5, 5.41) is 3.80. The number of nitrogens with zero attached hydrogens (tertiary/aromatic N) is 2. The average molecular weight is 866 g/mol. The zero-order chi connectivity index (χ0) is 44.2. The van der Waals surface area contributed by atoms with Gasteiger partial charge in [-0.25, -0.2) is 18.2 Å². The Morgan fingerprint density at radius 2 is 1.80 bits per heavy atom. The molecular weight excluding hydrogens is 808 g/mol. The van der Waals surface area contributed by atoms with Crippen molar-refractivity contribution in [2.75, 3.05) is 6.54 Å². The van der Waals surface area contributed by atoms with Crippen LogP contribution in [0.1, 0.15) is 99.3 Å². The van der Waals surface area contributed by atoms with E-state index in [2.05, 4.69) is 19.8 Å². The van der Waals surface area contributed by atoms with Crippen LogP contribution in [0.3, 0.4) is 0 Å². The van der Waals surface area contributed by atoms with Crippen LogP contribution in [0.15, 0.2) is 42.6 Å². The second kappa shape index (κ2) is 19.0. The Kier molecular flexibility index (Phi) is 14.7. The topological polar surface area (TPSA) is 196 Å². The monoisotopic (exact) mass is 865 g/mol. The highest BCUT2D eigenvalue weighted by Gasteiger charge is 2.51. The highest BCUT2D eigenvalue weighted by Crippen LogP contribution is 2.43. The van der Waals surface area contributed by atoms with Gasteiger partial charge in [-0.1, -0.05) is 32.4 Å². The van der Waals surface area contributed by atoms with Crippen molar-refractivity contribution in [2.45, 2.75) is 141 Å². The van der Waals surface area contributed by atoms with Gasteiger partial charge in [0, 0.05) is 23.9 Å². The zero-order valence-electron chi connectivity index (χ0n) is 35.0. The first-order valence-electron chi connectivity index (χ1n) is 20.7. The number of pyridine rings is 1. The number of rotatable bonds is 18. The number of hydrogen-bond acceptors (Lipinski definition) is 10. The number of hydrogen-bond donors (Lipinski definition) is 3. The Bertz CT molecular complexity index is 2030. The van der Waals surface area contributed by atoms with Crippen molar-refractivity contribution in [1.29, 1.82) is 0 Å². The van der Waals surface area contributed by atoms with Crippen molar-refractivity contribution in [3.8, 4) is 11.6 Å². The number of fused-ring (bicyclic) bond motifs is 1. The van der Waals surface area contributed by atoms with E-state index >= 15 is 0 Å². The standard InChI is InChI=1S/C42H58F3N5O9S/c1-24(2)57-30-14-15-33-29(21-30)16-19-47-38(33)59-31-22-34(36(46)51)50(23-31)39(53)35(48-40(54)58-27(5)42(43,44)45)26(4)20-25(3)10-7-8-11-28-12-9-13-32(28)37(52)49-60(55,56)41(6)17-18-41/h8,11,14-16,19,21,24-28,31-32,34-35H,7,9-10,12-13,17-18,20,22-23H2,1-6H3,(H2,46,51)(H,48,54)(H,49,52)/b11-8-/t25-,26+,27+,28+,31+,32?,34-,35-/m0/s1. The molecule has 2 heterocycles. The number of likely N-dealkylation sites (tertiary alicyclic amines) is 1. The fourth-order valence-corrected chi connectivity index (χ4v) is 9.30. The van der Waals surface area contributed by atoms with Crippen LogP contribution in [0.25, 0.3) is 10.8 Å². The first kappa shape index (κ1) is 46.5. The van der Waals surface area contributed by atoms with Gasteiger partial charge in [0.2, 0.25) is 33.6 Å². The predicted octanol–water partition coefficient (Wildman–Crippen LogP) is 6.31. The minimum Gasteiger partial charge on any atom is -0.491 e. The van der Waals surface area contributed by atoms with Gasteiger partial charge in [-0.3, -0.25) is 19.1 Å². The molecule has 3 fully saturated rings. The number of primary amides is 1. The van der Waals surface area contributed by atoms with Crippen LogP contribution in [0, 0.1) is 23.7 Å². The van der Waals surface area contributed by atoms with Crippen LogP contribution in [0.2, 0.25) is 0 Å². The van der Waals surface area contributed by atoms with Gasteiger partial charge >= 0.3 is 12.3 Å². The average Bonchev–Trinajstić information content (AvgIpc) is 3.54. The Balaban J connectivity index is 1.25. The SMILES string of the molecule is CC(C)Oc1ccc2c(O[C@@H]3C[C@@H](C(N)=O)N(C(=O)[C@@H](NC(=O)O[C@H](C)C(F)(F)F)[C@H](C)C[C@@H](C)CC/C=C\[C@@H]4CCCC4C(=O)NS(=O)(=O)C4(C)CC4)C3)nccc2c1. The first-order valence-corrected chi connectivity index (χ1v) is 22.2. The molecule has 18 heteroatoms. The summed E-state index contributed by atoms with van der Waals surface area (Å²) >= 11 is 0. The lowest BCUT2D eigenvalue weighted by Gasteiger charge is -2.32. The number of sulfonamides is 1. The Hall–Kier alpha value is -4.61. The maximum Gasteiger partial charge on any atom is 0.425 e. The van der Waals surface area contributed by atoms with Crippen LogP contribution < -0.4 is 25.2 Å². The minimum atomic E-state index is -4.84. The van der Waals surface area contributed by atoms with Crippen LogP contribution in [-0.4, -0.2) is 90.0 Å². The van der Waals surface area contributed by atoms with E-state index in [1.54, 1.807) is 38.2 Å². The molecule has 2 aromatic rings. The van der Waals surface area contributed by atoms with Crippen LogP contribution in [0.4, 0.5) is 18.0 Å². The molecule has 4 N–H and O–H groups in total. The van der Waals surface area contributed by atoms with E-state index in [1.807, 2.05) is 39.0 Å². The fourth-order valence-electron chi connectivity index (χ4n) is 8.00. The van der Waals surface area contributed by atoms with Crippen molar-refractivity contribution < 1.29 is 55.0 Å². The van der Waals surface area contributed by atoms with Gasteiger partial charge in [0.05, 0.1) is 17.4 Å². The van der Waals surface area contributed by atoms with E-state index in [0.29, 0.717) is 56.6 Å². The highest BCUT2D eigenvalue weighted by atomic mass is 32.2. The maximum absolute atomic E-state index is 14.3. The number of aromatic nitrogens is 1. The Morgan fingerprint density at radius 3 is 2.45 bits per heavy atom. The maximum atomic E-state index is 14.3. The number of nitrogens with two attached hydrogens (primary N) is 1. The Labute approximate surface area is 349 Å². The van der Waals surface area contributed by atoms with Crippen molar-refractivity contribution in [3.63, 3.8) is 0 Å². The summed E-state index contributed by atoms with van der Waals surface area (Å²) in [6, 6.07) is 4.66. The van der Waals surface area contributed by atoms with Gasteiger partial charge in [-0.2, -0.15) is 13.2 Å². The summed E-state index contributed by atoms with van der Waals surface area (Å²) in [5.41, 5.74) is 5.77. The van der Waals surface area contributed by atoms with Crippen LogP contribution in [0.5, 0.6) is 11.6 Å². The molecular formula is C42H58F3N5O9S. The Morgan fingerprint density at radius 1 is 1.08 bits per heavy atom. The van der Waals surface area contributed by atoms with Crippen LogP contribution in [-0.2, 0) is 29.1 Å². The number of carbonyl (C=O) groups is 4. The third-order valence-electron chi connectivity index (χ3n) is 11.8. The van der Waals surface area contributed by atoms with Crippen LogP contribution >= 0.6 is 0 Å². The number of alkyl carbamates (subject to hydrolysis) is 1. The smallest absolute Gasteiger partial charge is 0.425 e. The third-order valence-corrected chi connectivity index (χ3v) is 14.0. The molecule has 1 saturated heterocycles. The number of benzene rings is 1. The van der Waals surface area contributed by atoms with Crippen molar-refractivity contribution in [3.05, 3.63) is 42.6 Å². The second-order valence-corrected chi connectivity index (χ2v) is 19.4. The molecule has 1 aromatic heterocycles. The molecule has 0 spiro atoms. The van der Waals surface area contributed by atoms with Gasteiger partial charge in [0.25, 0.3) is 0 Å². The third kappa shape index (κ3) is 11.6. The van der Waals surface area contributed by atoms with Gasteiger partial charge in [-0.15, -0.1) is 0 Å². The number of halogens is 3. The molecule has 0 radical (unpaired) electrons. The zero-order valence-corrected chi connectivity index (χ0v) is 35.8. The number of allylic oxidation sites excluding steroid dienone is 2. The van der Waals surface area contributed by atoms with E-state index in [-0.39, 0.29) is 36.8 Å². The molecule has 4 amide bonds. The quantitative estimate of drug-likeness (QED) is 0.143. The molecule has 60 heavy (non-hydrogen) atoms. The van der Waals surface area contributed by atoms with Crippen molar-refractivity contribution in [1.82, 2.24) is 19.9 Å². The lowest BCUT2D eigenvalue weighted by molar-refractivity contribution is -0.197. The van der Waals surface area contributed by atoms with E-state index < -0.39 is 80.9 Å². The summed E-state index contributed by atoms with van der Waals surface area (Å²) in [5.74, 6) is -2.38. The summed E-state index contributed by atoms with van der Waals surface area (Å²) in [6.45, 7) is 9.62. The molecule has 1 aliphatic heterocycles. The van der Waals surface area contributed by atoms with Gasteiger partial charge in [-0.05, 0) is 120 Å². The first-order chi connectivity index (χ1) is 28.1. The van der Waals surface area contributed by atoms with Gasteiger partial charge in [0.15, 0.2) is 6.10 Å². The molecule has 3 aliphatic rings. The molecule has 332 valence electrons. The molecule has 0 bridgehead atoms. The van der Waals surface area contributed by atoms with E-state index in [0.717, 1.165) is 18.2 Å². The lowest BCUT2D eigenvalue weighted by atomic mass is 9.87. The normalized spacial score (nSPS) is 23.5. The molecule has 2 aliphatic carbocycles. The van der Waals surface area contributed by atoms with Gasteiger partial charge < -0.3 is 30.2 Å². The number of nitrogens with one attached hydrogen (secondary N) is 2. The number of alkyl halides is 3. The highest BCUT2D eigenvalue weighted by molar-refractivity contribution is 7.91. The molecule has 14 nitrogen and oxygen atoms in total. The molecule has 2 saturated carbocycles. The summed E-state index contributed by atoms with van der Waals surface area (Å²) in [7, 11) is -3.74. The minimum absolute atomic E-state index is 0.00574. The second-order valence-electron chi connectivity index (χ2n) is 17.2. The molecule has 8 atom stereocenters. The summed E-state index contributed by atoms with van der Waals surface area (Å²) in [6.07, 6.45) is 0.688.